The molecule has 0 N–H and O–H groups in total. The molecule has 0 spiro atoms. The van der Waals surface area contributed by atoms with Crippen molar-refractivity contribution in [1.82, 2.24) is 9.97 Å². The molecular formula is C13H15N3. The van der Waals surface area contributed by atoms with E-state index in [0.717, 1.165) is 22.5 Å². The molecule has 0 atom stereocenters. The molecule has 16 heavy (non-hydrogen) atoms. The van der Waals surface area contributed by atoms with E-state index >= 15 is 0 Å². The lowest BCUT2D eigenvalue weighted by Gasteiger charge is -2.14. The Bertz CT molecular complexity index is 530. The first-order valence-electron chi connectivity index (χ1n) is 5.29. The molecule has 0 bridgehead atoms. The molecular weight excluding hydrogens is 198 g/mol. The van der Waals surface area contributed by atoms with E-state index in [4.69, 9.17) is 0 Å². The number of hydrogen-bond acceptors (Lipinski definition) is 3. The van der Waals surface area contributed by atoms with E-state index in [1.54, 1.807) is 0 Å². The van der Waals surface area contributed by atoms with E-state index in [1.165, 1.54) is 0 Å². The minimum atomic E-state index is 0.755. The van der Waals surface area contributed by atoms with Gasteiger partial charge in [0.2, 0.25) is 0 Å². The summed E-state index contributed by atoms with van der Waals surface area (Å²) in [4.78, 5) is 11.0. The maximum absolute atomic E-state index is 4.52. The van der Waals surface area contributed by atoms with Gasteiger partial charge in [0.25, 0.3) is 0 Å². The van der Waals surface area contributed by atoms with Gasteiger partial charge in [0.05, 0.1) is 5.52 Å². The van der Waals surface area contributed by atoms with Crippen molar-refractivity contribution >= 4 is 22.8 Å². The topological polar surface area (TPSA) is 29.0 Å². The van der Waals surface area contributed by atoms with Crippen molar-refractivity contribution in [2.45, 2.75) is 6.92 Å². The number of aromatic nitrogens is 2. The van der Waals surface area contributed by atoms with Crippen molar-refractivity contribution in [2.24, 2.45) is 0 Å². The summed E-state index contributed by atoms with van der Waals surface area (Å²) >= 11 is 0. The maximum Gasteiger partial charge on any atom is 0.154 e. The number of anilines is 1. The second-order valence-corrected chi connectivity index (χ2v) is 3.82. The normalized spacial score (nSPS) is 11.2. The quantitative estimate of drug-likeness (QED) is 0.768. The molecule has 1 aromatic carbocycles. The van der Waals surface area contributed by atoms with Gasteiger partial charge in [-0.25, -0.2) is 9.97 Å². The fourth-order valence-corrected chi connectivity index (χ4v) is 1.64. The van der Waals surface area contributed by atoms with Crippen molar-refractivity contribution in [2.75, 3.05) is 19.0 Å². The van der Waals surface area contributed by atoms with E-state index in [1.807, 2.05) is 62.3 Å². The van der Waals surface area contributed by atoms with Gasteiger partial charge in [-0.15, -0.1) is 0 Å². The molecule has 0 saturated heterocycles. The Kier molecular flexibility index (Phi) is 2.86. The number of fused-ring (bicyclic) bond motifs is 1. The van der Waals surface area contributed by atoms with Crippen LogP contribution < -0.4 is 4.90 Å². The highest BCUT2D eigenvalue weighted by Gasteiger charge is 2.06. The van der Waals surface area contributed by atoms with E-state index in [0.29, 0.717) is 0 Å². The van der Waals surface area contributed by atoms with E-state index in [2.05, 4.69) is 9.97 Å². The van der Waals surface area contributed by atoms with Gasteiger partial charge in [-0.1, -0.05) is 18.2 Å². The third kappa shape index (κ3) is 1.89. The summed E-state index contributed by atoms with van der Waals surface area (Å²) in [6.45, 7) is 1.97. The first-order chi connectivity index (χ1) is 7.72. The van der Waals surface area contributed by atoms with Crippen LogP contribution in [0.25, 0.3) is 17.0 Å². The lowest BCUT2D eigenvalue weighted by atomic mass is 10.2. The van der Waals surface area contributed by atoms with Crippen molar-refractivity contribution in [3.05, 3.63) is 36.2 Å². The standard InChI is InChI=1S/C13H15N3/c1-4-7-12-14-11-9-6-5-8-10(11)13(15-12)16(2)3/h4-9H,1-3H3/b7-4+. The molecule has 82 valence electrons. The van der Waals surface area contributed by atoms with Crippen LogP contribution in [0, 0.1) is 0 Å². The lowest BCUT2D eigenvalue weighted by Crippen LogP contribution is -2.12. The highest BCUT2D eigenvalue weighted by Crippen LogP contribution is 2.22. The van der Waals surface area contributed by atoms with Crippen LogP contribution in [0.5, 0.6) is 0 Å². The van der Waals surface area contributed by atoms with Gasteiger partial charge in [0.15, 0.2) is 5.82 Å². The van der Waals surface area contributed by atoms with Gasteiger partial charge in [0, 0.05) is 19.5 Å². The second-order valence-electron chi connectivity index (χ2n) is 3.82. The monoisotopic (exact) mass is 213 g/mol. The molecule has 1 aromatic heterocycles. The molecule has 3 heteroatoms. The van der Waals surface area contributed by atoms with Crippen LogP contribution in [0.4, 0.5) is 5.82 Å². The average Bonchev–Trinajstić information content (AvgIpc) is 2.28. The second kappa shape index (κ2) is 4.31. The van der Waals surface area contributed by atoms with Crippen LogP contribution >= 0.6 is 0 Å². The number of rotatable bonds is 2. The Balaban J connectivity index is 2.73. The summed E-state index contributed by atoms with van der Waals surface area (Å²) in [7, 11) is 3.99. The summed E-state index contributed by atoms with van der Waals surface area (Å²) in [5.74, 6) is 1.71. The molecule has 0 saturated carbocycles. The van der Waals surface area contributed by atoms with Gasteiger partial charge >= 0.3 is 0 Å². The molecule has 0 aliphatic rings. The zero-order valence-electron chi connectivity index (χ0n) is 9.81. The SMILES string of the molecule is C/C=C/c1nc(N(C)C)c2ccccc2n1. The molecule has 2 rings (SSSR count). The van der Waals surface area contributed by atoms with Gasteiger partial charge in [-0.3, -0.25) is 0 Å². The lowest BCUT2D eigenvalue weighted by molar-refractivity contribution is 1.05. The van der Waals surface area contributed by atoms with Crippen molar-refractivity contribution < 1.29 is 0 Å². The molecule has 0 radical (unpaired) electrons. The molecule has 0 aliphatic carbocycles. The van der Waals surface area contributed by atoms with Crippen LogP contribution in [-0.4, -0.2) is 24.1 Å². The number of para-hydroxylation sites is 1. The Hall–Kier alpha value is -1.90. The first-order valence-corrected chi connectivity index (χ1v) is 5.29. The van der Waals surface area contributed by atoms with Gasteiger partial charge in [-0.05, 0) is 25.1 Å². The van der Waals surface area contributed by atoms with E-state index in [-0.39, 0.29) is 0 Å². The van der Waals surface area contributed by atoms with Crippen LogP contribution in [0.2, 0.25) is 0 Å². The number of nitrogens with zero attached hydrogens (tertiary/aromatic N) is 3. The fraction of sp³-hybridized carbons (Fsp3) is 0.231. The summed E-state index contributed by atoms with van der Waals surface area (Å²) < 4.78 is 0. The summed E-state index contributed by atoms with van der Waals surface area (Å²) in [5, 5.41) is 1.08. The predicted molar refractivity (Wildman–Crippen MR) is 68.6 cm³/mol. The molecule has 1 heterocycles. The molecule has 2 aromatic rings. The Morgan fingerprint density at radius 1 is 1.12 bits per heavy atom. The van der Waals surface area contributed by atoms with Crippen LogP contribution in [0.3, 0.4) is 0 Å². The van der Waals surface area contributed by atoms with Gasteiger partial charge in [-0.2, -0.15) is 0 Å². The summed E-state index contributed by atoms with van der Waals surface area (Å²) in [6, 6.07) is 8.06. The Labute approximate surface area is 95.4 Å². The number of benzene rings is 1. The van der Waals surface area contributed by atoms with E-state index < -0.39 is 0 Å². The van der Waals surface area contributed by atoms with Gasteiger partial charge < -0.3 is 4.90 Å². The molecule has 0 fully saturated rings. The minimum absolute atomic E-state index is 0.755. The zero-order valence-corrected chi connectivity index (χ0v) is 9.81. The molecule has 0 amide bonds. The highest BCUT2D eigenvalue weighted by atomic mass is 15.1. The van der Waals surface area contributed by atoms with Crippen LogP contribution in [-0.2, 0) is 0 Å². The summed E-state index contributed by atoms with van der Waals surface area (Å²) in [5.41, 5.74) is 0.981. The van der Waals surface area contributed by atoms with Crippen LogP contribution in [0.1, 0.15) is 12.7 Å². The molecule has 0 aliphatic heterocycles. The molecule has 0 unspecified atom stereocenters. The minimum Gasteiger partial charge on any atom is -0.362 e. The van der Waals surface area contributed by atoms with Gasteiger partial charge in [0.1, 0.15) is 5.82 Å². The Morgan fingerprint density at radius 2 is 1.88 bits per heavy atom. The zero-order chi connectivity index (χ0) is 11.5. The Morgan fingerprint density at radius 3 is 2.56 bits per heavy atom. The first kappa shape index (κ1) is 10.6. The fourth-order valence-electron chi connectivity index (χ4n) is 1.64. The number of hydrogen-bond donors (Lipinski definition) is 0. The number of allylic oxidation sites excluding steroid dienone is 1. The van der Waals surface area contributed by atoms with Crippen molar-refractivity contribution in [3.8, 4) is 0 Å². The predicted octanol–water partition coefficient (Wildman–Crippen LogP) is 2.73. The molecule has 3 nitrogen and oxygen atoms in total. The van der Waals surface area contributed by atoms with E-state index in [9.17, 15) is 0 Å². The smallest absolute Gasteiger partial charge is 0.154 e. The highest BCUT2D eigenvalue weighted by molar-refractivity contribution is 5.89. The van der Waals surface area contributed by atoms with Crippen LogP contribution in [0.15, 0.2) is 30.3 Å². The third-order valence-corrected chi connectivity index (χ3v) is 2.34. The third-order valence-electron chi connectivity index (χ3n) is 2.34. The summed E-state index contributed by atoms with van der Waals surface area (Å²) in [6.07, 6.45) is 3.86. The largest absolute Gasteiger partial charge is 0.362 e. The van der Waals surface area contributed by atoms with Crippen molar-refractivity contribution in [3.63, 3.8) is 0 Å². The maximum atomic E-state index is 4.52. The average molecular weight is 213 g/mol. The van der Waals surface area contributed by atoms with Crippen molar-refractivity contribution in [1.29, 1.82) is 0 Å².